The van der Waals surface area contributed by atoms with Crippen molar-refractivity contribution in [2.75, 3.05) is 6.54 Å². The van der Waals surface area contributed by atoms with Gasteiger partial charge >= 0.3 is 0 Å². The van der Waals surface area contributed by atoms with Gasteiger partial charge in [-0.05, 0) is 37.5 Å². The highest BCUT2D eigenvalue weighted by atomic mass is 32.2. The molecule has 0 bridgehead atoms. The summed E-state index contributed by atoms with van der Waals surface area (Å²) in [5.41, 5.74) is 4.59. The Balaban J connectivity index is 1.87. The van der Waals surface area contributed by atoms with Gasteiger partial charge < -0.3 is 0 Å². The lowest BCUT2D eigenvalue weighted by molar-refractivity contribution is 0.670. The zero-order valence-corrected chi connectivity index (χ0v) is 11.0. The van der Waals surface area contributed by atoms with Crippen molar-refractivity contribution in [2.45, 2.75) is 38.1 Å². The fraction of sp³-hybridized carbons (Fsp3) is 0.538. The van der Waals surface area contributed by atoms with Gasteiger partial charge in [-0.25, -0.2) is 0 Å². The molecule has 1 aromatic carbocycles. The van der Waals surface area contributed by atoms with Crippen molar-refractivity contribution in [3.63, 3.8) is 0 Å². The van der Waals surface area contributed by atoms with E-state index in [4.69, 9.17) is 0 Å². The van der Waals surface area contributed by atoms with Crippen LogP contribution in [-0.4, -0.2) is 18.1 Å². The Bertz CT molecular complexity index is 365. The van der Waals surface area contributed by atoms with E-state index >= 15 is 0 Å². The fourth-order valence-electron chi connectivity index (χ4n) is 1.84. The number of nitrogens with one attached hydrogen (secondary N) is 2. The molecule has 0 unspecified atom stereocenters. The average Bonchev–Trinajstić information content (AvgIpc) is 2.66. The van der Waals surface area contributed by atoms with Crippen molar-refractivity contribution in [3.05, 3.63) is 34.9 Å². The normalized spacial score (nSPS) is 24.9. The number of hydrogen-bond donors (Lipinski definition) is 2. The molecular formula is C13H20N2S. The first kappa shape index (κ1) is 12.0. The number of aryl methyl sites for hydroxylation is 2. The summed E-state index contributed by atoms with van der Waals surface area (Å²) in [6.07, 6.45) is 0. The molecule has 3 heteroatoms. The van der Waals surface area contributed by atoms with Gasteiger partial charge in [-0.2, -0.15) is 0 Å². The van der Waals surface area contributed by atoms with E-state index < -0.39 is 0 Å². The molecule has 0 amide bonds. The first-order valence-corrected chi connectivity index (χ1v) is 6.87. The molecule has 2 N–H and O–H groups in total. The first-order chi connectivity index (χ1) is 7.65. The summed E-state index contributed by atoms with van der Waals surface area (Å²) in [6, 6.07) is 7.33. The maximum atomic E-state index is 3.50. The van der Waals surface area contributed by atoms with Crippen LogP contribution in [0.5, 0.6) is 0 Å². The van der Waals surface area contributed by atoms with Gasteiger partial charge in [-0.1, -0.05) is 18.2 Å². The molecular weight excluding hydrogens is 216 g/mol. The van der Waals surface area contributed by atoms with E-state index in [1.54, 1.807) is 0 Å². The minimum atomic E-state index is 0.414. The molecule has 0 aromatic heterocycles. The summed E-state index contributed by atoms with van der Waals surface area (Å²) in [6.45, 7) is 7.62. The zero-order valence-electron chi connectivity index (χ0n) is 10.2. The molecule has 1 heterocycles. The van der Waals surface area contributed by atoms with Crippen molar-refractivity contribution in [1.29, 1.82) is 0 Å². The second-order valence-corrected chi connectivity index (χ2v) is 5.68. The van der Waals surface area contributed by atoms with Crippen molar-refractivity contribution in [1.82, 2.24) is 10.6 Å². The minimum absolute atomic E-state index is 0.414. The maximum absolute atomic E-state index is 3.50. The van der Waals surface area contributed by atoms with Gasteiger partial charge in [0.2, 0.25) is 0 Å². The second-order valence-electron chi connectivity index (χ2n) is 4.59. The van der Waals surface area contributed by atoms with Gasteiger partial charge in [0.05, 0.1) is 0 Å². The SMILES string of the molecule is Cc1ccc(CS[C@H]2NC[C@@H](C)N2)cc1C. The van der Waals surface area contributed by atoms with Crippen LogP contribution in [0.15, 0.2) is 18.2 Å². The summed E-state index contributed by atoms with van der Waals surface area (Å²) in [4.78, 5) is 0. The third-order valence-corrected chi connectivity index (χ3v) is 4.17. The van der Waals surface area contributed by atoms with E-state index in [0.29, 0.717) is 11.5 Å². The van der Waals surface area contributed by atoms with Gasteiger partial charge in [0, 0.05) is 18.3 Å². The predicted octanol–water partition coefficient (Wildman–Crippen LogP) is 2.40. The molecule has 16 heavy (non-hydrogen) atoms. The number of rotatable bonds is 3. The molecule has 0 saturated carbocycles. The Morgan fingerprint density at radius 1 is 1.31 bits per heavy atom. The standard InChI is InChI=1S/C13H20N2S/c1-9-4-5-12(6-10(9)2)8-16-13-14-7-11(3)15-13/h4-6,11,13-15H,7-8H2,1-3H3/t11-,13+/m1/s1. The molecule has 0 radical (unpaired) electrons. The Morgan fingerprint density at radius 2 is 2.12 bits per heavy atom. The van der Waals surface area contributed by atoms with Crippen LogP contribution in [-0.2, 0) is 5.75 Å². The van der Waals surface area contributed by atoms with Crippen LogP contribution in [0.2, 0.25) is 0 Å². The third kappa shape index (κ3) is 3.00. The fourth-order valence-corrected chi connectivity index (χ4v) is 2.92. The summed E-state index contributed by atoms with van der Waals surface area (Å²) < 4.78 is 0. The summed E-state index contributed by atoms with van der Waals surface area (Å²) >= 11 is 1.93. The summed E-state index contributed by atoms with van der Waals surface area (Å²) in [5, 5.41) is 6.96. The van der Waals surface area contributed by atoms with Gasteiger partial charge in [0.25, 0.3) is 0 Å². The van der Waals surface area contributed by atoms with E-state index in [0.717, 1.165) is 12.3 Å². The van der Waals surface area contributed by atoms with Crippen molar-refractivity contribution < 1.29 is 0 Å². The molecule has 1 saturated heterocycles. The quantitative estimate of drug-likeness (QED) is 0.843. The van der Waals surface area contributed by atoms with Crippen LogP contribution < -0.4 is 10.6 Å². The smallest absolute Gasteiger partial charge is 0.106 e. The van der Waals surface area contributed by atoms with Gasteiger partial charge in [-0.3, -0.25) is 10.6 Å². The predicted molar refractivity (Wildman–Crippen MR) is 71.6 cm³/mol. The molecule has 2 atom stereocenters. The van der Waals surface area contributed by atoms with Crippen molar-refractivity contribution in [3.8, 4) is 0 Å². The Morgan fingerprint density at radius 3 is 2.75 bits per heavy atom. The zero-order chi connectivity index (χ0) is 11.5. The van der Waals surface area contributed by atoms with Crippen LogP contribution in [0, 0.1) is 13.8 Å². The number of hydrogen-bond acceptors (Lipinski definition) is 3. The lowest BCUT2D eigenvalue weighted by Gasteiger charge is -2.11. The summed E-state index contributed by atoms with van der Waals surface area (Å²) in [5.74, 6) is 1.07. The highest BCUT2D eigenvalue weighted by Crippen LogP contribution is 2.19. The summed E-state index contributed by atoms with van der Waals surface area (Å²) in [7, 11) is 0. The second kappa shape index (κ2) is 5.21. The first-order valence-electron chi connectivity index (χ1n) is 5.82. The monoisotopic (exact) mass is 236 g/mol. The van der Waals surface area contributed by atoms with Crippen molar-refractivity contribution >= 4 is 11.8 Å². The van der Waals surface area contributed by atoms with Gasteiger partial charge in [0.1, 0.15) is 5.50 Å². The van der Waals surface area contributed by atoms with Crippen molar-refractivity contribution in [2.24, 2.45) is 0 Å². The molecule has 88 valence electrons. The van der Waals surface area contributed by atoms with Crippen LogP contribution >= 0.6 is 11.8 Å². The van der Waals surface area contributed by atoms with E-state index in [-0.39, 0.29) is 0 Å². The molecule has 2 nitrogen and oxygen atoms in total. The molecule has 1 aliphatic heterocycles. The Hall–Kier alpha value is -0.510. The topological polar surface area (TPSA) is 24.1 Å². The van der Waals surface area contributed by atoms with Crippen LogP contribution in [0.3, 0.4) is 0 Å². The molecule has 1 aliphatic rings. The van der Waals surface area contributed by atoms with Crippen LogP contribution in [0.25, 0.3) is 0 Å². The molecule has 1 fully saturated rings. The lowest BCUT2D eigenvalue weighted by Crippen LogP contribution is -2.29. The molecule has 0 spiro atoms. The molecule has 1 aromatic rings. The molecule has 0 aliphatic carbocycles. The van der Waals surface area contributed by atoms with Crippen LogP contribution in [0.1, 0.15) is 23.6 Å². The minimum Gasteiger partial charge on any atom is -0.292 e. The van der Waals surface area contributed by atoms with E-state index in [9.17, 15) is 0 Å². The van der Waals surface area contributed by atoms with Gasteiger partial charge in [0.15, 0.2) is 0 Å². The lowest BCUT2D eigenvalue weighted by atomic mass is 10.1. The number of benzene rings is 1. The highest BCUT2D eigenvalue weighted by Gasteiger charge is 2.18. The molecule has 2 rings (SSSR count). The highest BCUT2D eigenvalue weighted by molar-refractivity contribution is 7.99. The average molecular weight is 236 g/mol. The Kier molecular flexibility index (Phi) is 3.90. The largest absolute Gasteiger partial charge is 0.292 e. The van der Waals surface area contributed by atoms with Gasteiger partial charge in [-0.15, -0.1) is 11.8 Å². The number of thioether (sulfide) groups is 1. The van der Waals surface area contributed by atoms with Crippen LogP contribution in [0.4, 0.5) is 0 Å². The Labute approximate surface area is 102 Å². The van der Waals surface area contributed by atoms with E-state index in [2.05, 4.69) is 49.6 Å². The third-order valence-electron chi connectivity index (χ3n) is 3.03. The van der Waals surface area contributed by atoms with E-state index in [1.165, 1.54) is 16.7 Å². The van der Waals surface area contributed by atoms with E-state index in [1.807, 2.05) is 11.8 Å². The maximum Gasteiger partial charge on any atom is 0.106 e.